The average molecular weight is 272 g/mol. The SMILES string of the molecule is COC(=O)C(NC(=O)C1(C#N)CCC1)c1ccccc1. The van der Waals surface area contributed by atoms with E-state index >= 15 is 0 Å². The van der Waals surface area contributed by atoms with Crippen molar-refractivity contribution in [3.05, 3.63) is 35.9 Å². The van der Waals surface area contributed by atoms with Crippen molar-refractivity contribution in [3.63, 3.8) is 0 Å². The van der Waals surface area contributed by atoms with Crippen LogP contribution in [0.25, 0.3) is 0 Å². The Kier molecular flexibility index (Phi) is 4.04. The van der Waals surface area contributed by atoms with Gasteiger partial charge in [-0.15, -0.1) is 0 Å². The quantitative estimate of drug-likeness (QED) is 0.846. The number of benzene rings is 1. The maximum atomic E-state index is 12.2. The van der Waals surface area contributed by atoms with E-state index in [1.807, 2.05) is 6.07 Å². The minimum absolute atomic E-state index is 0.398. The van der Waals surface area contributed by atoms with Crippen LogP contribution in [0.5, 0.6) is 0 Å². The lowest BCUT2D eigenvalue weighted by molar-refractivity contribution is -0.147. The lowest BCUT2D eigenvalue weighted by Gasteiger charge is -2.34. The van der Waals surface area contributed by atoms with Crippen molar-refractivity contribution in [3.8, 4) is 6.07 Å². The molecule has 1 aromatic rings. The van der Waals surface area contributed by atoms with Crippen molar-refractivity contribution in [1.29, 1.82) is 5.26 Å². The average Bonchev–Trinajstić information content (AvgIpc) is 2.44. The summed E-state index contributed by atoms with van der Waals surface area (Å²) in [4.78, 5) is 24.1. The summed E-state index contributed by atoms with van der Waals surface area (Å²) in [5.41, 5.74) is -0.346. The highest BCUT2D eigenvalue weighted by Gasteiger charge is 2.46. The summed E-state index contributed by atoms with van der Waals surface area (Å²) in [5.74, 6) is -0.942. The molecule has 5 heteroatoms. The smallest absolute Gasteiger partial charge is 0.333 e. The van der Waals surface area contributed by atoms with Gasteiger partial charge in [-0.05, 0) is 24.8 Å². The molecular formula is C15H16N2O3. The molecule has 5 nitrogen and oxygen atoms in total. The zero-order valence-electron chi connectivity index (χ0n) is 11.3. The molecule has 104 valence electrons. The minimum Gasteiger partial charge on any atom is -0.467 e. The largest absolute Gasteiger partial charge is 0.467 e. The van der Waals surface area contributed by atoms with E-state index in [1.165, 1.54) is 7.11 Å². The van der Waals surface area contributed by atoms with E-state index in [9.17, 15) is 9.59 Å². The molecule has 1 aromatic carbocycles. The Hall–Kier alpha value is -2.35. The van der Waals surface area contributed by atoms with Crippen molar-refractivity contribution in [1.82, 2.24) is 5.32 Å². The van der Waals surface area contributed by atoms with Crippen LogP contribution in [0.4, 0.5) is 0 Å². The molecule has 1 aliphatic carbocycles. The zero-order chi connectivity index (χ0) is 14.6. The summed E-state index contributed by atoms with van der Waals surface area (Å²) in [7, 11) is 1.27. The summed E-state index contributed by atoms with van der Waals surface area (Å²) in [6.45, 7) is 0. The molecule has 1 aliphatic rings. The summed E-state index contributed by atoms with van der Waals surface area (Å²) >= 11 is 0. The predicted molar refractivity (Wildman–Crippen MR) is 71.2 cm³/mol. The molecular weight excluding hydrogens is 256 g/mol. The van der Waals surface area contributed by atoms with Crippen LogP contribution < -0.4 is 5.32 Å². The van der Waals surface area contributed by atoms with Gasteiger partial charge >= 0.3 is 5.97 Å². The van der Waals surface area contributed by atoms with E-state index < -0.39 is 23.3 Å². The third-order valence-electron chi connectivity index (χ3n) is 3.70. The molecule has 0 bridgehead atoms. The Bertz CT molecular complexity index is 544. The van der Waals surface area contributed by atoms with Crippen LogP contribution >= 0.6 is 0 Å². The van der Waals surface area contributed by atoms with E-state index in [2.05, 4.69) is 11.4 Å². The Morgan fingerprint density at radius 3 is 2.45 bits per heavy atom. The monoisotopic (exact) mass is 272 g/mol. The maximum absolute atomic E-state index is 12.2. The number of methoxy groups -OCH3 is 1. The van der Waals surface area contributed by atoms with E-state index in [-0.39, 0.29) is 0 Å². The number of nitriles is 1. The van der Waals surface area contributed by atoms with Gasteiger partial charge in [-0.3, -0.25) is 4.79 Å². The van der Waals surface area contributed by atoms with Gasteiger partial charge in [-0.2, -0.15) is 5.26 Å². The number of esters is 1. The normalized spacial score (nSPS) is 17.2. The molecule has 1 atom stereocenters. The summed E-state index contributed by atoms with van der Waals surface area (Å²) in [5, 5.41) is 11.8. The van der Waals surface area contributed by atoms with Gasteiger partial charge < -0.3 is 10.1 Å². The molecule has 1 N–H and O–H groups in total. The van der Waals surface area contributed by atoms with Crippen molar-refractivity contribution < 1.29 is 14.3 Å². The van der Waals surface area contributed by atoms with Crippen LogP contribution in [0, 0.1) is 16.7 Å². The lowest BCUT2D eigenvalue weighted by atomic mass is 9.69. The highest BCUT2D eigenvalue weighted by atomic mass is 16.5. The number of rotatable bonds is 4. The van der Waals surface area contributed by atoms with Crippen LogP contribution in [-0.2, 0) is 14.3 Å². The molecule has 1 amide bonds. The second-order valence-electron chi connectivity index (χ2n) is 4.89. The van der Waals surface area contributed by atoms with Gasteiger partial charge in [0.2, 0.25) is 5.91 Å². The maximum Gasteiger partial charge on any atom is 0.333 e. The number of hydrogen-bond donors (Lipinski definition) is 1. The molecule has 0 radical (unpaired) electrons. The van der Waals surface area contributed by atoms with Crippen LogP contribution in [0.3, 0.4) is 0 Å². The third-order valence-corrected chi connectivity index (χ3v) is 3.70. The summed E-state index contributed by atoms with van der Waals surface area (Å²) < 4.78 is 4.73. The number of ether oxygens (including phenoxy) is 1. The van der Waals surface area contributed by atoms with Crippen LogP contribution in [0.15, 0.2) is 30.3 Å². The molecule has 2 rings (SSSR count). The first kappa shape index (κ1) is 14.1. The number of carbonyl (C=O) groups excluding carboxylic acids is 2. The fraction of sp³-hybridized carbons (Fsp3) is 0.400. The zero-order valence-corrected chi connectivity index (χ0v) is 11.3. The second kappa shape index (κ2) is 5.74. The Balaban J connectivity index is 2.19. The fourth-order valence-corrected chi connectivity index (χ4v) is 2.23. The Morgan fingerprint density at radius 1 is 1.35 bits per heavy atom. The predicted octanol–water partition coefficient (Wildman–Crippen LogP) is 1.71. The van der Waals surface area contributed by atoms with Crippen molar-refractivity contribution in [2.45, 2.75) is 25.3 Å². The van der Waals surface area contributed by atoms with Gasteiger partial charge in [-0.25, -0.2) is 4.79 Å². The standard InChI is InChI=1S/C15H16N2O3/c1-20-13(18)12(11-6-3-2-4-7-11)17-14(19)15(10-16)8-5-9-15/h2-4,6-7,12H,5,8-9H2,1H3,(H,17,19). The first-order chi connectivity index (χ1) is 9.63. The van der Waals surface area contributed by atoms with E-state index in [0.29, 0.717) is 18.4 Å². The molecule has 1 fully saturated rings. The molecule has 0 spiro atoms. The molecule has 0 aromatic heterocycles. The molecule has 1 unspecified atom stereocenters. The van der Waals surface area contributed by atoms with E-state index in [1.54, 1.807) is 24.3 Å². The first-order valence-corrected chi connectivity index (χ1v) is 6.48. The molecule has 0 heterocycles. The number of nitrogens with one attached hydrogen (secondary N) is 1. The van der Waals surface area contributed by atoms with Gasteiger partial charge in [-0.1, -0.05) is 30.3 Å². The lowest BCUT2D eigenvalue weighted by Crippen LogP contribution is -2.47. The van der Waals surface area contributed by atoms with Crippen molar-refractivity contribution in [2.24, 2.45) is 5.41 Å². The molecule has 20 heavy (non-hydrogen) atoms. The van der Waals surface area contributed by atoms with Crippen molar-refractivity contribution in [2.75, 3.05) is 7.11 Å². The van der Waals surface area contributed by atoms with Gasteiger partial charge in [0.1, 0.15) is 5.41 Å². The Labute approximate surface area is 117 Å². The van der Waals surface area contributed by atoms with Gasteiger partial charge in [0.15, 0.2) is 6.04 Å². The topological polar surface area (TPSA) is 79.2 Å². The Morgan fingerprint density at radius 2 is 2.00 bits per heavy atom. The second-order valence-corrected chi connectivity index (χ2v) is 4.89. The minimum atomic E-state index is -0.985. The molecule has 0 aliphatic heterocycles. The number of carbonyl (C=O) groups is 2. The highest BCUT2D eigenvalue weighted by molar-refractivity contribution is 5.91. The van der Waals surface area contributed by atoms with Gasteiger partial charge in [0.25, 0.3) is 0 Å². The molecule has 1 saturated carbocycles. The highest BCUT2D eigenvalue weighted by Crippen LogP contribution is 2.40. The third kappa shape index (κ3) is 2.50. The van der Waals surface area contributed by atoms with Gasteiger partial charge in [0, 0.05) is 0 Å². The summed E-state index contributed by atoms with van der Waals surface area (Å²) in [6, 6.07) is 10.0. The number of amides is 1. The summed E-state index contributed by atoms with van der Waals surface area (Å²) in [6.07, 6.45) is 1.94. The fourth-order valence-electron chi connectivity index (χ4n) is 2.23. The number of hydrogen-bond acceptors (Lipinski definition) is 4. The van der Waals surface area contributed by atoms with Gasteiger partial charge in [0.05, 0.1) is 13.2 Å². The van der Waals surface area contributed by atoms with E-state index in [0.717, 1.165) is 6.42 Å². The first-order valence-electron chi connectivity index (χ1n) is 6.48. The van der Waals surface area contributed by atoms with Crippen molar-refractivity contribution >= 4 is 11.9 Å². The van der Waals surface area contributed by atoms with Crippen LogP contribution in [-0.4, -0.2) is 19.0 Å². The van der Waals surface area contributed by atoms with Crippen LogP contribution in [0.1, 0.15) is 30.9 Å². The van der Waals surface area contributed by atoms with Crippen LogP contribution in [0.2, 0.25) is 0 Å². The molecule has 0 saturated heterocycles. The number of nitrogens with zero attached hydrogens (tertiary/aromatic N) is 1. The van der Waals surface area contributed by atoms with E-state index in [4.69, 9.17) is 10.00 Å².